The monoisotopic (exact) mass is 347 g/mol. The fourth-order valence-corrected chi connectivity index (χ4v) is 3.61. The molecule has 132 valence electrons. The molecule has 2 aromatic heterocycles. The minimum absolute atomic E-state index is 0.0105. The van der Waals surface area contributed by atoms with Gasteiger partial charge in [-0.3, -0.25) is 9.78 Å². The van der Waals surface area contributed by atoms with Crippen molar-refractivity contribution in [1.29, 1.82) is 0 Å². The molecule has 1 amide bonds. The molecule has 1 aliphatic heterocycles. The number of hydrogen-bond acceptors (Lipinski definition) is 4. The van der Waals surface area contributed by atoms with Crippen LogP contribution in [0.3, 0.4) is 0 Å². The highest BCUT2D eigenvalue weighted by Gasteiger charge is 2.31. The minimum atomic E-state index is 0.0105. The van der Waals surface area contributed by atoms with Gasteiger partial charge in [-0.1, -0.05) is 41.6 Å². The van der Waals surface area contributed by atoms with Crippen LogP contribution in [0.5, 0.6) is 0 Å². The number of hydrogen-bond donors (Lipinski definition) is 0. The van der Waals surface area contributed by atoms with E-state index in [1.807, 2.05) is 47.5 Å². The lowest BCUT2D eigenvalue weighted by molar-refractivity contribution is 0.0786. The van der Waals surface area contributed by atoms with Gasteiger partial charge >= 0.3 is 0 Å². The largest absolute Gasteiger partial charge is 0.360 e. The van der Waals surface area contributed by atoms with Gasteiger partial charge in [0.05, 0.1) is 0 Å². The van der Waals surface area contributed by atoms with E-state index in [-0.39, 0.29) is 5.91 Å². The first-order chi connectivity index (χ1) is 12.7. The van der Waals surface area contributed by atoms with Gasteiger partial charge in [0, 0.05) is 31.0 Å². The van der Waals surface area contributed by atoms with Crippen LogP contribution in [-0.2, 0) is 6.42 Å². The summed E-state index contributed by atoms with van der Waals surface area (Å²) >= 11 is 0. The van der Waals surface area contributed by atoms with E-state index in [0.29, 0.717) is 22.9 Å². The molecule has 0 aliphatic carbocycles. The van der Waals surface area contributed by atoms with E-state index in [0.717, 1.165) is 31.5 Å². The highest BCUT2D eigenvalue weighted by Crippen LogP contribution is 2.29. The van der Waals surface area contributed by atoms with Gasteiger partial charge < -0.3 is 9.42 Å². The minimum Gasteiger partial charge on any atom is -0.360 e. The highest BCUT2D eigenvalue weighted by atomic mass is 16.5. The third-order valence-electron chi connectivity index (χ3n) is 4.94. The van der Waals surface area contributed by atoms with Crippen molar-refractivity contribution in [2.45, 2.75) is 19.8 Å². The first kappa shape index (κ1) is 16.5. The van der Waals surface area contributed by atoms with E-state index in [1.165, 1.54) is 5.56 Å². The molecule has 1 atom stereocenters. The number of rotatable bonds is 4. The highest BCUT2D eigenvalue weighted by molar-refractivity contribution is 6.00. The molecule has 1 unspecified atom stereocenters. The summed E-state index contributed by atoms with van der Waals surface area (Å²) in [6, 6.07) is 13.8. The first-order valence-electron chi connectivity index (χ1n) is 8.92. The maximum absolute atomic E-state index is 13.1. The molecule has 0 radical (unpaired) electrons. The van der Waals surface area contributed by atoms with Crippen LogP contribution in [0.1, 0.15) is 28.1 Å². The van der Waals surface area contributed by atoms with Crippen LogP contribution in [0.25, 0.3) is 11.3 Å². The average Bonchev–Trinajstić information content (AvgIpc) is 3.29. The number of amides is 1. The van der Waals surface area contributed by atoms with Crippen LogP contribution in [-0.4, -0.2) is 34.0 Å². The SMILES string of the molecule is Cc1onc(-c2ccccc2)c1C(=O)N1CCC(Cc2cccnc2)C1. The van der Waals surface area contributed by atoms with Gasteiger partial charge in [-0.25, -0.2) is 0 Å². The Morgan fingerprint density at radius 3 is 2.85 bits per heavy atom. The normalized spacial score (nSPS) is 16.8. The van der Waals surface area contributed by atoms with Crippen LogP contribution < -0.4 is 0 Å². The summed E-state index contributed by atoms with van der Waals surface area (Å²) in [5.41, 5.74) is 3.33. The molecule has 1 saturated heterocycles. The van der Waals surface area contributed by atoms with Gasteiger partial charge in [0.1, 0.15) is 17.0 Å². The molecule has 26 heavy (non-hydrogen) atoms. The maximum atomic E-state index is 13.1. The standard InChI is InChI=1S/C21H21N3O2/c1-15-19(20(23-26-15)18-7-3-2-4-8-18)21(25)24-11-9-17(14-24)12-16-6-5-10-22-13-16/h2-8,10,13,17H,9,11-12,14H2,1H3. The summed E-state index contributed by atoms with van der Waals surface area (Å²) in [6.07, 6.45) is 5.65. The number of carbonyl (C=O) groups is 1. The summed E-state index contributed by atoms with van der Waals surface area (Å²) < 4.78 is 5.35. The third-order valence-corrected chi connectivity index (χ3v) is 4.94. The Balaban J connectivity index is 1.52. The molecule has 0 spiro atoms. The summed E-state index contributed by atoms with van der Waals surface area (Å²) in [6.45, 7) is 3.32. The van der Waals surface area contributed by atoms with E-state index < -0.39 is 0 Å². The average molecular weight is 347 g/mol. The number of aryl methyl sites for hydroxylation is 1. The summed E-state index contributed by atoms with van der Waals surface area (Å²) in [5.74, 6) is 1.05. The van der Waals surface area contributed by atoms with Crippen LogP contribution >= 0.6 is 0 Å². The number of benzene rings is 1. The van der Waals surface area contributed by atoms with E-state index >= 15 is 0 Å². The Labute approximate surface area is 152 Å². The van der Waals surface area contributed by atoms with Gasteiger partial charge in [-0.2, -0.15) is 0 Å². The molecule has 5 heteroatoms. The Morgan fingerprint density at radius 1 is 1.23 bits per heavy atom. The number of aromatic nitrogens is 2. The van der Waals surface area contributed by atoms with E-state index in [2.05, 4.69) is 16.2 Å². The molecule has 4 rings (SSSR count). The fraction of sp³-hybridized carbons (Fsp3) is 0.286. The van der Waals surface area contributed by atoms with E-state index in [4.69, 9.17) is 4.52 Å². The Morgan fingerprint density at radius 2 is 2.08 bits per heavy atom. The lowest BCUT2D eigenvalue weighted by Crippen LogP contribution is -2.29. The molecule has 0 N–H and O–H groups in total. The van der Waals surface area contributed by atoms with Crippen molar-refractivity contribution in [1.82, 2.24) is 15.0 Å². The number of nitrogens with zero attached hydrogens (tertiary/aromatic N) is 3. The van der Waals surface area contributed by atoms with E-state index in [9.17, 15) is 4.79 Å². The van der Waals surface area contributed by atoms with Crippen LogP contribution in [0.15, 0.2) is 59.4 Å². The molecular weight excluding hydrogens is 326 g/mol. The summed E-state index contributed by atoms with van der Waals surface area (Å²) in [5, 5.41) is 4.13. The molecule has 0 saturated carbocycles. The lowest BCUT2D eigenvalue weighted by Gasteiger charge is -2.17. The Hall–Kier alpha value is -2.95. The van der Waals surface area contributed by atoms with Crippen molar-refractivity contribution in [2.75, 3.05) is 13.1 Å². The third kappa shape index (κ3) is 3.25. The fourth-order valence-electron chi connectivity index (χ4n) is 3.61. The molecule has 1 fully saturated rings. The molecule has 5 nitrogen and oxygen atoms in total. The first-order valence-corrected chi connectivity index (χ1v) is 8.92. The number of likely N-dealkylation sites (tertiary alicyclic amines) is 1. The van der Waals surface area contributed by atoms with Crippen molar-refractivity contribution >= 4 is 5.91 Å². The predicted octanol–water partition coefficient (Wildman–Crippen LogP) is 3.75. The molecular formula is C21H21N3O2. The summed E-state index contributed by atoms with van der Waals surface area (Å²) in [4.78, 5) is 19.2. The van der Waals surface area contributed by atoms with Gasteiger partial charge in [-0.05, 0) is 37.3 Å². The van der Waals surface area contributed by atoms with Crippen LogP contribution in [0.4, 0.5) is 0 Å². The topological polar surface area (TPSA) is 59.2 Å². The van der Waals surface area contributed by atoms with Crippen molar-refractivity contribution in [3.05, 3.63) is 71.7 Å². The van der Waals surface area contributed by atoms with Crippen molar-refractivity contribution in [3.63, 3.8) is 0 Å². The Bertz CT molecular complexity index is 890. The van der Waals surface area contributed by atoms with Gasteiger partial charge in [0.15, 0.2) is 0 Å². The zero-order valence-electron chi connectivity index (χ0n) is 14.8. The van der Waals surface area contributed by atoms with Crippen molar-refractivity contribution in [2.24, 2.45) is 5.92 Å². The smallest absolute Gasteiger partial charge is 0.259 e. The summed E-state index contributed by atoms with van der Waals surface area (Å²) in [7, 11) is 0. The van der Waals surface area contributed by atoms with Gasteiger partial charge in [0.25, 0.3) is 5.91 Å². The number of carbonyl (C=O) groups excluding carboxylic acids is 1. The zero-order valence-corrected chi connectivity index (χ0v) is 14.8. The predicted molar refractivity (Wildman–Crippen MR) is 98.6 cm³/mol. The van der Waals surface area contributed by atoms with Crippen LogP contribution in [0.2, 0.25) is 0 Å². The molecule has 1 aliphatic rings. The lowest BCUT2D eigenvalue weighted by atomic mass is 10.00. The van der Waals surface area contributed by atoms with E-state index in [1.54, 1.807) is 13.1 Å². The van der Waals surface area contributed by atoms with Crippen molar-refractivity contribution < 1.29 is 9.32 Å². The second-order valence-electron chi connectivity index (χ2n) is 6.80. The molecule has 0 bridgehead atoms. The molecule has 1 aromatic carbocycles. The zero-order chi connectivity index (χ0) is 17.9. The number of pyridine rings is 1. The second kappa shape index (κ2) is 7.12. The molecule has 3 heterocycles. The van der Waals surface area contributed by atoms with Gasteiger partial charge in [-0.15, -0.1) is 0 Å². The van der Waals surface area contributed by atoms with Crippen molar-refractivity contribution in [3.8, 4) is 11.3 Å². The quantitative estimate of drug-likeness (QED) is 0.721. The second-order valence-corrected chi connectivity index (χ2v) is 6.80. The molecule has 3 aromatic rings. The Kier molecular flexibility index (Phi) is 4.52. The van der Waals surface area contributed by atoms with Crippen LogP contribution in [0, 0.1) is 12.8 Å². The maximum Gasteiger partial charge on any atom is 0.259 e. The van der Waals surface area contributed by atoms with Gasteiger partial charge in [0.2, 0.25) is 0 Å².